The molecule has 0 fully saturated rings. The number of fused-ring (bicyclic) bond motifs is 3. The van der Waals surface area contributed by atoms with E-state index < -0.39 is 0 Å². The fraction of sp³-hybridized carbons (Fsp3) is 0.300. The second-order valence-corrected chi connectivity index (χ2v) is 6.37. The molecule has 0 bridgehead atoms. The molecule has 1 aromatic heterocycles. The Balaban J connectivity index is 1.90. The maximum Gasteiger partial charge on any atom is 0.0459 e. The smallest absolute Gasteiger partial charge is 0.0459 e. The van der Waals surface area contributed by atoms with Crippen LogP contribution in [0.4, 0.5) is 0 Å². The summed E-state index contributed by atoms with van der Waals surface area (Å²) in [6.07, 6.45) is 3.75. The van der Waals surface area contributed by atoms with Gasteiger partial charge < -0.3 is 4.98 Å². The Morgan fingerprint density at radius 1 is 1.05 bits per heavy atom. The summed E-state index contributed by atoms with van der Waals surface area (Å²) in [5.41, 5.74) is 8.55. The molecule has 1 heterocycles. The molecule has 106 valence electrons. The summed E-state index contributed by atoms with van der Waals surface area (Å²) < 4.78 is 0. The number of aryl methyl sites for hydroxylation is 3. The number of aromatic nitrogens is 1. The van der Waals surface area contributed by atoms with Crippen LogP contribution in [0.2, 0.25) is 0 Å². The molecule has 0 aliphatic heterocycles. The summed E-state index contributed by atoms with van der Waals surface area (Å²) in [4.78, 5) is 3.71. The fourth-order valence-corrected chi connectivity index (χ4v) is 3.94. The highest BCUT2D eigenvalue weighted by atomic mass is 14.7. The predicted octanol–water partition coefficient (Wildman–Crippen LogP) is 5.25. The minimum atomic E-state index is 0.529. The van der Waals surface area contributed by atoms with Crippen molar-refractivity contribution in [1.29, 1.82) is 0 Å². The Hall–Kier alpha value is -2.02. The summed E-state index contributed by atoms with van der Waals surface area (Å²) in [6.45, 7) is 4.42. The van der Waals surface area contributed by atoms with Crippen LogP contribution in [0.15, 0.2) is 42.5 Å². The van der Waals surface area contributed by atoms with Gasteiger partial charge in [0.15, 0.2) is 0 Å². The van der Waals surface area contributed by atoms with E-state index in [0.29, 0.717) is 5.92 Å². The van der Waals surface area contributed by atoms with E-state index in [4.69, 9.17) is 0 Å². The molecular formula is C20H21N. The summed E-state index contributed by atoms with van der Waals surface area (Å²) >= 11 is 0. The average molecular weight is 275 g/mol. The van der Waals surface area contributed by atoms with Gasteiger partial charge in [0.25, 0.3) is 0 Å². The van der Waals surface area contributed by atoms with Crippen LogP contribution in [0.5, 0.6) is 0 Å². The first-order chi connectivity index (χ1) is 10.2. The molecular weight excluding hydrogens is 254 g/mol. The highest BCUT2D eigenvalue weighted by Gasteiger charge is 2.26. The number of rotatable bonds is 1. The summed E-state index contributed by atoms with van der Waals surface area (Å²) in [7, 11) is 0. The monoisotopic (exact) mass is 275 g/mol. The second kappa shape index (κ2) is 4.77. The van der Waals surface area contributed by atoms with Crippen LogP contribution < -0.4 is 0 Å². The lowest BCUT2D eigenvalue weighted by Crippen LogP contribution is -2.11. The molecule has 0 radical (unpaired) electrons. The van der Waals surface area contributed by atoms with E-state index in [1.807, 2.05) is 0 Å². The lowest BCUT2D eigenvalue weighted by atomic mass is 9.80. The van der Waals surface area contributed by atoms with E-state index in [1.165, 1.54) is 52.5 Å². The van der Waals surface area contributed by atoms with Gasteiger partial charge in [0.1, 0.15) is 0 Å². The maximum absolute atomic E-state index is 3.71. The summed E-state index contributed by atoms with van der Waals surface area (Å²) in [5.74, 6) is 0.529. The topological polar surface area (TPSA) is 15.8 Å². The molecule has 1 unspecified atom stereocenters. The molecule has 0 saturated carbocycles. The standard InChI is InChI=1S/C20H21N/c1-13-10-11-15(14(2)12-13)17-7-5-8-18-16-6-3-4-9-19(16)21-20(17)18/h3-4,6,9-12,17,21H,5,7-8H2,1-2H3. The van der Waals surface area contributed by atoms with E-state index in [2.05, 4.69) is 61.3 Å². The van der Waals surface area contributed by atoms with Gasteiger partial charge in [-0.1, -0.05) is 42.0 Å². The van der Waals surface area contributed by atoms with Gasteiger partial charge in [-0.05, 0) is 55.9 Å². The van der Waals surface area contributed by atoms with E-state index in [-0.39, 0.29) is 0 Å². The first kappa shape index (κ1) is 12.7. The third kappa shape index (κ3) is 1.99. The van der Waals surface area contributed by atoms with Crippen LogP contribution in [0.3, 0.4) is 0 Å². The first-order valence-corrected chi connectivity index (χ1v) is 7.90. The molecule has 3 aromatic rings. The van der Waals surface area contributed by atoms with E-state index >= 15 is 0 Å². The van der Waals surface area contributed by atoms with Crippen molar-refractivity contribution >= 4 is 10.9 Å². The normalized spacial score (nSPS) is 17.9. The number of aromatic amines is 1. The van der Waals surface area contributed by atoms with Crippen LogP contribution in [-0.2, 0) is 6.42 Å². The van der Waals surface area contributed by atoms with E-state index in [0.717, 1.165) is 0 Å². The highest BCUT2D eigenvalue weighted by Crippen LogP contribution is 2.40. The minimum Gasteiger partial charge on any atom is -0.358 e. The SMILES string of the molecule is Cc1ccc(C2CCCc3c2[nH]c2ccccc32)c(C)c1. The second-order valence-electron chi connectivity index (χ2n) is 6.37. The quantitative estimate of drug-likeness (QED) is 0.624. The molecule has 2 aromatic carbocycles. The lowest BCUT2D eigenvalue weighted by Gasteiger charge is -2.25. The zero-order valence-electron chi connectivity index (χ0n) is 12.7. The number of nitrogens with one attached hydrogen (secondary N) is 1. The van der Waals surface area contributed by atoms with Crippen molar-refractivity contribution in [3.63, 3.8) is 0 Å². The zero-order valence-corrected chi connectivity index (χ0v) is 12.7. The Bertz CT molecular complexity index is 810. The van der Waals surface area contributed by atoms with Crippen LogP contribution in [0.1, 0.15) is 46.7 Å². The lowest BCUT2D eigenvalue weighted by molar-refractivity contribution is 0.606. The number of benzene rings is 2. The molecule has 1 atom stereocenters. The van der Waals surface area contributed by atoms with Gasteiger partial charge in [0, 0.05) is 22.5 Å². The summed E-state index contributed by atoms with van der Waals surface area (Å²) in [6, 6.07) is 15.6. The summed E-state index contributed by atoms with van der Waals surface area (Å²) in [5, 5.41) is 1.42. The molecule has 0 amide bonds. The van der Waals surface area contributed by atoms with Crippen LogP contribution in [0.25, 0.3) is 10.9 Å². The Morgan fingerprint density at radius 2 is 1.90 bits per heavy atom. The first-order valence-electron chi connectivity index (χ1n) is 7.90. The Morgan fingerprint density at radius 3 is 2.76 bits per heavy atom. The number of hydrogen-bond acceptors (Lipinski definition) is 0. The van der Waals surface area contributed by atoms with Gasteiger partial charge in [-0.25, -0.2) is 0 Å². The Labute approximate surface area is 126 Å². The van der Waals surface area contributed by atoms with Crippen LogP contribution in [0, 0.1) is 13.8 Å². The van der Waals surface area contributed by atoms with Crippen molar-refractivity contribution < 1.29 is 0 Å². The highest BCUT2D eigenvalue weighted by molar-refractivity contribution is 5.85. The molecule has 0 spiro atoms. The fourth-order valence-electron chi connectivity index (χ4n) is 3.94. The molecule has 1 heteroatoms. The molecule has 4 rings (SSSR count). The van der Waals surface area contributed by atoms with Gasteiger partial charge >= 0.3 is 0 Å². The van der Waals surface area contributed by atoms with Gasteiger partial charge in [-0.15, -0.1) is 0 Å². The third-order valence-corrected chi connectivity index (χ3v) is 4.92. The van der Waals surface area contributed by atoms with Crippen molar-refractivity contribution in [3.8, 4) is 0 Å². The largest absolute Gasteiger partial charge is 0.358 e. The maximum atomic E-state index is 3.71. The zero-order chi connectivity index (χ0) is 14.4. The average Bonchev–Trinajstić information content (AvgIpc) is 2.86. The van der Waals surface area contributed by atoms with Crippen molar-refractivity contribution in [1.82, 2.24) is 4.98 Å². The van der Waals surface area contributed by atoms with Gasteiger partial charge in [0.05, 0.1) is 0 Å². The molecule has 1 aliphatic rings. The van der Waals surface area contributed by atoms with Crippen molar-refractivity contribution in [2.75, 3.05) is 0 Å². The van der Waals surface area contributed by atoms with Gasteiger partial charge in [0.2, 0.25) is 0 Å². The number of hydrogen-bond donors (Lipinski definition) is 1. The van der Waals surface area contributed by atoms with Gasteiger partial charge in [-0.2, -0.15) is 0 Å². The van der Waals surface area contributed by atoms with Crippen LogP contribution >= 0.6 is 0 Å². The van der Waals surface area contributed by atoms with Crippen molar-refractivity contribution in [2.45, 2.75) is 39.0 Å². The van der Waals surface area contributed by atoms with Crippen LogP contribution in [-0.4, -0.2) is 4.98 Å². The number of para-hydroxylation sites is 1. The van der Waals surface area contributed by atoms with E-state index in [9.17, 15) is 0 Å². The molecule has 0 saturated heterocycles. The van der Waals surface area contributed by atoms with Crippen molar-refractivity contribution in [3.05, 3.63) is 70.4 Å². The molecule has 21 heavy (non-hydrogen) atoms. The molecule has 1 N–H and O–H groups in total. The molecule has 1 aliphatic carbocycles. The van der Waals surface area contributed by atoms with Gasteiger partial charge in [-0.3, -0.25) is 0 Å². The minimum absolute atomic E-state index is 0.529. The molecule has 1 nitrogen and oxygen atoms in total. The van der Waals surface area contributed by atoms with E-state index in [1.54, 1.807) is 5.56 Å². The third-order valence-electron chi connectivity index (χ3n) is 4.92. The Kier molecular flexibility index (Phi) is 2.88. The number of H-pyrrole nitrogens is 1. The predicted molar refractivity (Wildman–Crippen MR) is 89.0 cm³/mol. The van der Waals surface area contributed by atoms with Crippen molar-refractivity contribution in [2.24, 2.45) is 0 Å².